The fraction of sp³-hybridized carbons (Fsp3) is 0.562. The predicted octanol–water partition coefficient (Wildman–Crippen LogP) is 2.67. The van der Waals surface area contributed by atoms with E-state index in [1.165, 1.54) is 11.3 Å². The molecular formula is C16H20N2O3S. The van der Waals surface area contributed by atoms with Gasteiger partial charge in [0.15, 0.2) is 0 Å². The topological polar surface area (TPSA) is 70.4 Å². The first-order valence-electron chi connectivity index (χ1n) is 7.39. The molecule has 118 valence electrons. The van der Waals surface area contributed by atoms with Gasteiger partial charge in [-0.3, -0.25) is 9.59 Å². The minimum Gasteiger partial charge on any atom is -0.466 e. The molecule has 1 aromatic heterocycles. The quantitative estimate of drug-likeness (QED) is 0.800. The van der Waals surface area contributed by atoms with Gasteiger partial charge in [0.05, 0.1) is 22.5 Å². The summed E-state index contributed by atoms with van der Waals surface area (Å²) in [6, 6.07) is 3.63. The summed E-state index contributed by atoms with van der Waals surface area (Å²) < 4.78 is 5.23. The van der Waals surface area contributed by atoms with Crippen molar-refractivity contribution in [2.24, 2.45) is 11.3 Å². The summed E-state index contributed by atoms with van der Waals surface area (Å²) in [5, 5.41) is 10.5. The number of esters is 1. The molecule has 0 N–H and O–H groups in total. The van der Waals surface area contributed by atoms with Crippen LogP contribution in [0.1, 0.15) is 42.4 Å². The van der Waals surface area contributed by atoms with Crippen molar-refractivity contribution in [1.82, 2.24) is 4.90 Å². The number of hydrogen-bond acceptors (Lipinski definition) is 5. The van der Waals surface area contributed by atoms with Gasteiger partial charge in [0, 0.05) is 18.5 Å². The Morgan fingerprint density at radius 3 is 2.82 bits per heavy atom. The summed E-state index contributed by atoms with van der Waals surface area (Å²) in [6.07, 6.45) is 0.617. The second-order valence-corrected chi connectivity index (χ2v) is 6.73. The fourth-order valence-electron chi connectivity index (χ4n) is 2.82. The summed E-state index contributed by atoms with van der Waals surface area (Å²) >= 11 is 1.27. The lowest BCUT2D eigenvalue weighted by Crippen LogP contribution is -2.41. The molecule has 1 saturated heterocycles. The normalized spacial score (nSPS) is 21.0. The summed E-state index contributed by atoms with van der Waals surface area (Å²) in [5.41, 5.74) is -0.130. The fourth-order valence-corrected chi connectivity index (χ4v) is 3.62. The maximum atomic E-state index is 12.5. The van der Waals surface area contributed by atoms with Crippen LogP contribution in [0.15, 0.2) is 11.4 Å². The zero-order chi connectivity index (χ0) is 16.3. The van der Waals surface area contributed by atoms with Gasteiger partial charge >= 0.3 is 5.97 Å². The summed E-state index contributed by atoms with van der Waals surface area (Å²) in [6.45, 7) is 7.03. The lowest BCUT2D eigenvalue weighted by Gasteiger charge is -2.30. The second kappa shape index (κ2) is 6.49. The van der Waals surface area contributed by atoms with E-state index in [0.29, 0.717) is 36.6 Å². The van der Waals surface area contributed by atoms with Crippen molar-refractivity contribution >= 4 is 23.2 Å². The van der Waals surface area contributed by atoms with Crippen molar-refractivity contribution in [2.75, 3.05) is 19.7 Å². The number of likely N-dealkylation sites (tertiary alicyclic amines) is 1. The van der Waals surface area contributed by atoms with Gasteiger partial charge < -0.3 is 9.64 Å². The Morgan fingerprint density at radius 1 is 1.55 bits per heavy atom. The Morgan fingerprint density at radius 2 is 2.27 bits per heavy atom. The molecule has 2 rings (SSSR count). The van der Waals surface area contributed by atoms with E-state index in [-0.39, 0.29) is 17.8 Å². The third-order valence-corrected chi connectivity index (χ3v) is 5.23. The molecular weight excluding hydrogens is 300 g/mol. The van der Waals surface area contributed by atoms with E-state index >= 15 is 0 Å². The number of ether oxygens (including phenoxy) is 1. The molecule has 6 heteroatoms. The Hall–Kier alpha value is -1.87. The van der Waals surface area contributed by atoms with E-state index < -0.39 is 5.41 Å². The van der Waals surface area contributed by atoms with Gasteiger partial charge in [-0.1, -0.05) is 13.8 Å². The zero-order valence-corrected chi connectivity index (χ0v) is 13.9. The minimum absolute atomic E-state index is 0.0994. The van der Waals surface area contributed by atoms with Crippen LogP contribution in [-0.4, -0.2) is 36.5 Å². The van der Waals surface area contributed by atoms with Crippen LogP contribution in [-0.2, 0) is 9.53 Å². The molecule has 0 spiro atoms. The predicted molar refractivity (Wildman–Crippen MR) is 83.5 cm³/mol. The lowest BCUT2D eigenvalue weighted by molar-refractivity contribution is -0.157. The van der Waals surface area contributed by atoms with Crippen molar-refractivity contribution < 1.29 is 14.3 Å². The number of rotatable bonds is 4. The molecule has 1 aliphatic rings. The Kier molecular flexibility index (Phi) is 4.87. The van der Waals surface area contributed by atoms with E-state index in [1.807, 2.05) is 19.9 Å². The van der Waals surface area contributed by atoms with Gasteiger partial charge in [-0.25, -0.2) is 0 Å². The van der Waals surface area contributed by atoms with Crippen molar-refractivity contribution in [3.05, 3.63) is 21.9 Å². The van der Waals surface area contributed by atoms with Crippen molar-refractivity contribution in [3.63, 3.8) is 0 Å². The summed E-state index contributed by atoms with van der Waals surface area (Å²) in [4.78, 5) is 27.1. The third kappa shape index (κ3) is 2.86. The van der Waals surface area contributed by atoms with E-state index in [9.17, 15) is 9.59 Å². The Labute approximate surface area is 134 Å². The highest BCUT2D eigenvalue weighted by Gasteiger charge is 2.49. The average molecular weight is 320 g/mol. The third-order valence-electron chi connectivity index (χ3n) is 4.31. The highest BCUT2D eigenvalue weighted by molar-refractivity contribution is 7.12. The van der Waals surface area contributed by atoms with Crippen molar-refractivity contribution in [2.45, 2.75) is 27.2 Å². The van der Waals surface area contributed by atoms with Crippen LogP contribution in [0.5, 0.6) is 0 Å². The van der Waals surface area contributed by atoms with Gasteiger partial charge in [0.1, 0.15) is 6.07 Å². The minimum atomic E-state index is -0.624. The molecule has 5 nitrogen and oxygen atoms in total. The molecule has 0 unspecified atom stereocenters. The number of hydrogen-bond donors (Lipinski definition) is 0. The van der Waals surface area contributed by atoms with Crippen LogP contribution in [0.3, 0.4) is 0 Å². The zero-order valence-electron chi connectivity index (χ0n) is 13.1. The molecule has 2 heterocycles. The molecule has 22 heavy (non-hydrogen) atoms. The molecule has 1 amide bonds. The maximum absolute atomic E-state index is 12.5. The van der Waals surface area contributed by atoms with Crippen LogP contribution in [0.25, 0.3) is 0 Å². The van der Waals surface area contributed by atoms with Gasteiger partial charge in [0.25, 0.3) is 5.91 Å². The van der Waals surface area contributed by atoms with Crippen molar-refractivity contribution in [3.8, 4) is 6.07 Å². The SMILES string of the molecule is CCOC(=O)[C@@]1(C(C)C)CCN(C(=O)c2cc(C#N)cs2)C1. The Balaban J connectivity index is 2.17. The molecule has 0 aromatic carbocycles. The number of carbonyl (C=O) groups excluding carboxylic acids is 2. The number of amides is 1. The number of thiophene rings is 1. The first-order chi connectivity index (χ1) is 10.4. The summed E-state index contributed by atoms with van der Waals surface area (Å²) in [5.74, 6) is -0.232. The van der Waals surface area contributed by atoms with E-state index in [0.717, 1.165) is 0 Å². The number of carbonyl (C=O) groups is 2. The first-order valence-corrected chi connectivity index (χ1v) is 8.27. The van der Waals surface area contributed by atoms with Gasteiger partial charge in [-0.05, 0) is 25.3 Å². The number of nitriles is 1. The standard InChI is InChI=1S/C16H20N2O3S/c1-4-21-15(20)16(11(2)3)5-6-18(10-16)14(19)13-7-12(8-17)9-22-13/h7,9,11H,4-6,10H2,1-3H3/t16-/m0/s1. The smallest absolute Gasteiger partial charge is 0.314 e. The van der Waals surface area contributed by atoms with Crippen LogP contribution in [0.2, 0.25) is 0 Å². The lowest BCUT2D eigenvalue weighted by atomic mass is 9.76. The highest BCUT2D eigenvalue weighted by atomic mass is 32.1. The van der Waals surface area contributed by atoms with Crippen LogP contribution in [0, 0.1) is 22.7 Å². The molecule has 0 aliphatic carbocycles. The van der Waals surface area contributed by atoms with Gasteiger partial charge in [0.2, 0.25) is 0 Å². The van der Waals surface area contributed by atoms with Crippen LogP contribution in [0.4, 0.5) is 0 Å². The highest BCUT2D eigenvalue weighted by Crippen LogP contribution is 2.40. The van der Waals surface area contributed by atoms with E-state index in [2.05, 4.69) is 0 Å². The Bertz CT molecular complexity index is 617. The average Bonchev–Trinajstić information content (AvgIpc) is 3.14. The number of nitrogens with zero attached hydrogens (tertiary/aromatic N) is 2. The first kappa shape index (κ1) is 16.5. The monoisotopic (exact) mass is 320 g/mol. The molecule has 1 fully saturated rings. The van der Waals surface area contributed by atoms with Gasteiger partial charge in [-0.2, -0.15) is 5.26 Å². The maximum Gasteiger partial charge on any atom is 0.314 e. The van der Waals surface area contributed by atoms with Crippen LogP contribution < -0.4 is 0 Å². The van der Waals surface area contributed by atoms with Crippen molar-refractivity contribution in [1.29, 1.82) is 5.26 Å². The molecule has 0 saturated carbocycles. The van der Waals surface area contributed by atoms with Crippen LogP contribution >= 0.6 is 11.3 Å². The summed E-state index contributed by atoms with van der Waals surface area (Å²) in [7, 11) is 0. The van der Waals surface area contributed by atoms with E-state index in [1.54, 1.807) is 23.3 Å². The van der Waals surface area contributed by atoms with Gasteiger partial charge in [-0.15, -0.1) is 11.3 Å². The second-order valence-electron chi connectivity index (χ2n) is 5.82. The molecule has 0 bridgehead atoms. The molecule has 1 aromatic rings. The molecule has 0 radical (unpaired) electrons. The molecule has 1 atom stereocenters. The van der Waals surface area contributed by atoms with E-state index in [4.69, 9.17) is 10.00 Å². The largest absolute Gasteiger partial charge is 0.466 e. The molecule has 1 aliphatic heterocycles.